The highest BCUT2D eigenvalue weighted by Crippen LogP contribution is 2.54. The second kappa shape index (κ2) is 16.2. The summed E-state index contributed by atoms with van der Waals surface area (Å²) in [5.74, 6) is 0. The van der Waals surface area contributed by atoms with Gasteiger partial charge in [0.15, 0.2) is 6.71 Å². The number of para-hydroxylation sites is 2. The van der Waals surface area contributed by atoms with Crippen LogP contribution in [0.1, 0.15) is 30.5 Å². The second-order valence-electron chi connectivity index (χ2n) is 19.6. The summed E-state index contributed by atoms with van der Waals surface area (Å²) in [5, 5.41) is 4.97. The molecule has 4 heteroatoms. The van der Waals surface area contributed by atoms with Gasteiger partial charge in [0.1, 0.15) is 0 Å². The molecule has 0 bridgehead atoms. The quantitative estimate of drug-likeness (QED) is 0.145. The molecule has 10 aromatic carbocycles. The van der Waals surface area contributed by atoms with Gasteiger partial charge in [-0.2, -0.15) is 0 Å². The summed E-state index contributed by atoms with van der Waals surface area (Å²) >= 11 is 0. The van der Waals surface area contributed by atoms with Gasteiger partial charge in [0.05, 0.1) is 11.0 Å². The first-order chi connectivity index (χ1) is 33.5. The van der Waals surface area contributed by atoms with E-state index in [1.165, 1.54) is 87.9 Å². The van der Waals surface area contributed by atoms with E-state index in [4.69, 9.17) is 0 Å². The summed E-state index contributed by atoms with van der Waals surface area (Å²) in [5.41, 5.74) is 20.4. The van der Waals surface area contributed by atoms with E-state index in [1.807, 2.05) is 0 Å². The first-order valence-corrected chi connectivity index (χ1v) is 24.4. The van der Waals surface area contributed by atoms with E-state index in [1.54, 1.807) is 0 Å². The van der Waals surface area contributed by atoms with Crippen molar-refractivity contribution in [2.75, 3.05) is 4.90 Å². The van der Waals surface area contributed by atoms with E-state index in [-0.39, 0.29) is 5.41 Å². The third kappa shape index (κ3) is 6.65. The Labute approximate surface area is 400 Å². The van der Waals surface area contributed by atoms with E-state index in [9.17, 15) is 0 Å². The third-order valence-corrected chi connectivity index (χ3v) is 15.4. The monoisotopic (exact) mass is 868 g/mol. The lowest BCUT2D eigenvalue weighted by molar-refractivity contribution is 0.660. The molecule has 0 amide bonds. The van der Waals surface area contributed by atoms with Crippen LogP contribution >= 0.6 is 0 Å². The molecule has 13 rings (SSSR count). The summed E-state index contributed by atoms with van der Waals surface area (Å²) in [7, 11) is 0. The average Bonchev–Trinajstić information content (AvgIpc) is 3.75. The van der Waals surface area contributed by atoms with Crippen molar-refractivity contribution < 1.29 is 0 Å². The predicted octanol–water partition coefficient (Wildman–Crippen LogP) is 14.5. The minimum atomic E-state index is -0.224. The molecule has 0 saturated heterocycles. The summed E-state index contributed by atoms with van der Waals surface area (Å²) in [6.45, 7) is 5.61. The minimum absolute atomic E-state index is 0.224. The molecule has 2 aliphatic rings. The molecule has 2 nitrogen and oxygen atoms in total. The molecule has 11 aromatic rings. The van der Waals surface area contributed by atoms with Gasteiger partial charge in [-0.1, -0.05) is 224 Å². The zero-order valence-corrected chi connectivity index (χ0v) is 38.6. The molecule has 0 spiro atoms. The van der Waals surface area contributed by atoms with Crippen molar-refractivity contribution in [3.63, 3.8) is 0 Å². The summed E-state index contributed by atoms with van der Waals surface area (Å²) in [6.07, 6.45) is 3.29. The zero-order valence-electron chi connectivity index (χ0n) is 38.6. The fourth-order valence-corrected chi connectivity index (χ4v) is 12.1. The lowest BCUT2D eigenvalue weighted by atomic mass is 9.34. The first kappa shape index (κ1) is 40.5. The van der Waals surface area contributed by atoms with Crippen LogP contribution in [-0.2, 0) is 11.7 Å². The maximum atomic E-state index is 2.58. The summed E-state index contributed by atoms with van der Waals surface area (Å²) in [6, 6.07) is 86.5. The fourth-order valence-electron chi connectivity index (χ4n) is 12.1. The van der Waals surface area contributed by atoms with Crippen LogP contribution in [0.2, 0.25) is 12.6 Å². The van der Waals surface area contributed by atoms with Crippen LogP contribution in [0.15, 0.2) is 231 Å². The molecular formula is C64H50B2N2. The maximum Gasteiger partial charge on any atom is 0.208 e. The number of benzene rings is 10. The second-order valence-corrected chi connectivity index (χ2v) is 19.6. The molecule has 0 fully saturated rings. The normalized spacial score (nSPS) is 13.9. The number of hydrogen-bond donors (Lipinski definition) is 0. The molecule has 2 heterocycles. The van der Waals surface area contributed by atoms with Crippen molar-refractivity contribution >= 4 is 79.5 Å². The lowest BCUT2D eigenvalue weighted by Crippen LogP contribution is -2.42. The Morgan fingerprint density at radius 1 is 0.456 bits per heavy atom. The van der Waals surface area contributed by atoms with Gasteiger partial charge >= 0.3 is 0 Å². The van der Waals surface area contributed by atoms with E-state index in [2.05, 4.69) is 254 Å². The van der Waals surface area contributed by atoms with Crippen molar-refractivity contribution in [3.05, 3.63) is 247 Å². The Bertz CT molecular complexity index is 3670. The molecular weight excluding hydrogens is 818 g/mol. The molecule has 0 N–H and O–H groups in total. The molecule has 0 radical (unpaired) electrons. The first-order valence-electron chi connectivity index (χ1n) is 24.4. The molecule has 0 atom stereocenters. The van der Waals surface area contributed by atoms with Gasteiger partial charge in [-0.15, -0.1) is 0 Å². The van der Waals surface area contributed by atoms with Gasteiger partial charge in [-0.25, -0.2) is 0 Å². The number of nitrogens with zero attached hydrogens (tertiary/aromatic N) is 2. The Kier molecular flexibility index (Phi) is 9.65. The number of rotatable bonds is 7. The highest BCUT2D eigenvalue weighted by atomic mass is 15.1. The van der Waals surface area contributed by atoms with Crippen molar-refractivity contribution in [1.29, 1.82) is 0 Å². The number of fused-ring (bicyclic) bond motifs is 8. The molecule has 1 aromatic heterocycles. The summed E-state index contributed by atoms with van der Waals surface area (Å²) in [4.78, 5) is 2.51. The number of anilines is 3. The maximum absolute atomic E-state index is 2.58. The van der Waals surface area contributed by atoms with Gasteiger partial charge in [0.25, 0.3) is 0 Å². The molecule has 1 aliphatic heterocycles. The molecule has 0 unspecified atom stereocenters. The number of aromatic nitrogens is 1. The molecule has 1 aliphatic carbocycles. The summed E-state index contributed by atoms with van der Waals surface area (Å²) < 4.78 is 2.43. The largest absolute Gasteiger partial charge is 0.310 e. The van der Waals surface area contributed by atoms with Gasteiger partial charge < -0.3 is 9.47 Å². The molecule has 68 heavy (non-hydrogen) atoms. The predicted molar refractivity (Wildman–Crippen MR) is 293 cm³/mol. The van der Waals surface area contributed by atoms with E-state index >= 15 is 0 Å². The highest BCUT2D eigenvalue weighted by molar-refractivity contribution is 6.88. The van der Waals surface area contributed by atoms with Gasteiger partial charge in [0.2, 0.25) is 6.71 Å². The van der Waals surface area contributed by atoms with Crippen molar-refractivity contribution in [3.8, 4) is 27.9 Å². The van der Waals surface area contributed by atoms with Crippen molar-refractivity contribution in [2.24, 2.45) is 0 Å². The van der Waals surface area contributed by atoms with Crippen molar-refractivity contribution in [1.82, 2.24) is 4.57 Å². The Hall–Kier alpha value is -7.81. The number of hydrogen-bond acceptors (Lipinski definition) is 1. The van der Waals surface area contributed by atoms with Gasteiger partial charge in [-0.05, 0) is 105 Å². The van der Waals surface area contributed by atoms with Crippen LogP contribution in [0.3, 0.4) is 0 Å². The van der Waals surface area contributed by atoms with Gasteiger partial charge in [0, 0.05) is 38.9 Å². The third-order valence-electron chi connectivity index (χ3n) is 15.4. The zero-order chi connectivity index (χ0) is 45.3. The highest BCUT2D eigenvalue weighted by Gasteiger charge is 2.39. The Morgan fingerprint density at radius 3 is 1.90 bits per heavy atom. The SMILES string of the molecule is CC1(C)c2ccccc2-c2c(-c3ccc4c(c3)B(c3ccccc3)CCB(c3ccccc3)C4)cc(N(c3cccc(-n4c5ccccc5c5ccccc54)c3)c3ccc4ccccc4c3)cc21. The fraction of sp³-hybridized carbons (Fsp3) is 0.0938. The smallest absolute Gasteiger partial charge is 0.208 e. The van der Waals surface area contributed by atoms with Crippen LogP contribution in [0, 0.1) is 0 Å². The molecule has 322 valence electrons. The Balaban J connectivity index is 1.05. The average molecular weight is 869 g/mol. The van der Waals surface area contributed by atoms with Crippen LogP contribution in [0.5, 0.6) is 0 Å². The van der Waals surface area contributed by atoms with Crippen LogP contribution < -0.4 is 21.3 Å². The van der Waals surface area contributed by atoms with Crippen LogP contribution in [-0.4, -0.2) is 18.0 Å². The van der Waals surface area contributed by atoms with Gasteiger partial charge in [-0.3, -0.25) is 0 Å². The van der Waals surface area contributed by atoms with E-state index < -0.39 is 0 Å². The lowest BCUT2D eigenvalue weighted by Gasteiger charge is -2.30. The van der Waals surface area contributed by atoms with E-state index in [0.29, 0.717) is 13.4 Å². The van der Waals surface area contributed by atoms with Crippen LogP contribution in [0.25, 0.3) is 60.5 Å². The van der Waals surface area contributed by atoms with Crippen LogP contribution in [0.4, 0.5) is 17.1 Å². The van der Waals surface area contributed by atoms with E-state index in [0.717, 1.165) is 41.7 Å². The minimum Gasteiger partial charge on any atom is -0.310 e. The molecule has 0 saturated carbocycles. The Morgan fingerprint density at radius 2 is 1.12 bits per heavy atom. The standard InChI is InChI=1S/C64H50B2N2/c1-64(2)58-29-14-11-28-56(58)63-57(46-32-33-47-43-65(48-20-5-3-6-21-48)36-37-66(60(47)39-46)49-22-7-4-8-23-49)41-53(42-59(63)64)67(52-35-34-44-18-9-10-19-45(44)38-52)50-24-17-25-51(40-50)68-61-30-15-12-26-54(61)55-27-13-16-31-62(55)68/h3-35,38-42H,36-37,43H2,1-2H3. The van der Waals surface area contributed by atoms with Crippen molar-refractivity contribution in [2.45, 2.75) is 38.2 Å². The topological polar surface area (TPSA) is 8.17 Å².